The second-order valence-electron chi connectivity index (χ2n) is 17.3. The minimum absolute atomic E-state index is 0.300. The molecule has 0 N–H and O–H groups in total. The number of amidine groups is 2. The molecule has 0 atom stereocenters. The number of hydrogen-bond donors (Lipinski definition) is 0. The third kappa shape index (κ3) is 3.75. The van der Waals surface area contributed by atoms with E-state index in [9.17, 15) is 0 Å². The first kappa shape index (κ1) is 33.0. The van der Waals surface area contributed by atoms with E-state index in [1.165, 1.54) is 11.1 Å². The van der Waals surface area contributed by atoms with Crippen LogP contribution in [0.3, 0.4) is 0 Å². The Bertz CT molecular complexity index is 1420. The zero-order valence-electron chi connectivity index (χ0n) is 30.3. The van der Waals surface area contributed by atoms with Gasteiger partial charge in [-0.25, -0.2) is 0 Å². The first-order valence-electron chi connectivity index (χ1n) is 16.1. The van der Waals surface area contributed by atoms with Crippen LogP contribution >= 0.6 is 0 Å². The molecule has 0 saturated carbocycles. The second-order valence-corrected chi connectivity index (χ2v) is 26.2. The molecule has 3 aliphatic heterocycles. The summed E-state index contributed by atoms with van der Waals surface area (Å²) in [5.41, 5.74) is 1.14. The maximum absolute atomic E-state index is 8.34. The summed E-state index contributed by atoms with van der Waals surface area (Å²) in [7, 11) is -0.00621. The molecule has 0 unspecified atom stereocenters. The van der Waals surface area contributed by atoms with E-state index in [2.05, 4.69) is 199 Å². The predicted molar refractivity (Wildman–Crippen MR) is 185 cm³/mol. The molecule has 1 fully saturated rings. The Morgan fingerprint density at radius 2 is 0.773 bits per heavy atom. The van der Waals surface area contributed by atoms with Crippen molar-refractivity contribution in [2.45, 2.75) is 105 Å². The second kappa shape index (κ2) is 9.13. The van der Waals surface area contributed by atoms with Gasteiger partial charge in [0.25, 0.3) is 0 Å². The summed E-state index contributed by atoms with van der Waals surface area (Å²) in [6, 6.07) is 21.5. The topological polar surface area (TPSA) is 37.4 Å². The fourth-order valence-electron chi connectivity index (χ4n) is 8.46. The zero-order valence-corrected chi connectivity index (χ0v) is 32.3. The standard InChI is InChI=1S/C34H58N6O2Si2/c1-31(2,3)37-29(27-23-19-17-20-24-27)38(32(4,5)6)43(37,35(13)14)41-44(42-43,36(15)16)39(33(7,8)9)30(40(44)34(10,11)12)28-25-21-18-22-26-28/h17-26H,1-16H3. The summed E-state index contributed by atoms with van der Waals surface area (Å²) in [5, 5.41) is 0. The summed E-state index contributed by atoms with van der Waals surface area (Å²) in [6.07, 6.45) is 0. The van der Waals surface area contributed by atoms with Crippen molar-refractivity contribution in [3.63, 3.8) is 0 Å². The van der Waals surface area contributed by atoms with Crippen LogP contribution in [0.4, 0.5) is 0 Å². The van der Waals surface area contributed by atoms with Crippen LogP contribution in [-0.4, -0.2) is 105 Å². The molecule has 2 aromatic carbocycles. The van der Waals surface area contributed by atoms with E-state index in [1.54, 1.807) is 0 Å². The average Bonchev–Trinajstić information content (AvgIpc) is 2.79. The predicted octanol–water partition coefficient (Wildman–Crippen LogP) is 5.67. The van der Waals surface area contributed by atoms with Crippen molar-refractivity contribution in [2.75, 3.05) is 28.2 Å². The molecule has 0 bridgehead atoms. The molecule has 8 nitrogen and oxygen atoms in total. The van der Waals surface area contributed by atoms with Gasteiger partial charge in [-0.15, -0.1) is 0 Å². The van der Waals surface area contributed by atoms with Crippen LogP contribution in [0.2, 0.25) is 0 Å². The maximum atomic E-state index is 8.34. The number of rotatable bonds is 4. The molecule has 2 aromatic rings. The van der Waals surface area contributed by atoms with Gasteiger partial charge in [-0.1, -0.05) is 0 Å². The van der Waals surface area contributed by atoms with E-state index < -0.39 is 16.6 Å². The Hall–Kier alpha value is -2.35. The Morgan fingerprint density at radius 1 is 0.500 bits per heavy atom. The third-order valence-electron chi connectivity index (χ3n) is 9.37. The van der Waals surface area contributed by atoms with Crippen LogP contribution in [0.15, 0.2) is 60.7 Å². The van der Waals surface area contributed by atoms with Crippen molar-refractivity contribution < 1.29 is 16.7 Å². The summed E-state index contributed by atoms with van der Waals surface area (Å²) in [4.78, 5) is 0. The molecule has 2 spiro atoms. The first-order valence-corrected chi connectivity index (χ1v) is 20.4. The Kier molecular flexibility index (Phi) is 6.86. The molecule has 0 radical (unpaired) electrons. The van der Waals surface area contributed by atoms with E-state index in [0.29, 0.717) is 0 Å². The van der Waals surface area contributed by atoms with Gasteiger partial charge in [0.2, 0.25) is 0 Å². The molecule has 0 amide bonds. The van der Waals surface area contributed by atoms with Gasteiger partial charge < -0.3 is 0 Å². The van der Waals surface area contributed by atoms with Gasteiger partial charge in [-0.05, 0) is 0 Å². The van der Waals surface area contributed by atoms with Crippen LogP contribution in [0, 0.1) is 0 Å². The van der Waals surface area contributed by atoms with Gasteiger partial charge in [0.15, 0.2) is 0 Å². The fraction of sp³-hybridized carbons (Fsp3) is 0.588. The number of nitrogens with zero attached hydrogens (tertiary/aromatic N) is 6. The van der Waals surface area contributed by atoms with Crippen LogP contribution in [0.5, 0.6) is 0 Å². The molecule has 3 heterocycles. The zero-order chi connectivity index (χ0) is 33.2. The summed E-state index contributed by atoms with van der Waals surface area (Å²) >= 11 is 0. The molecular formula is C34H58N6O2Si2. The molecule has 0 aliphatic carbocycles. The van der Waals surface area contributed by atoms with Gasteiger partial charge in [0, 0.05) is 0 Å². The molecule has 10 heteroatoms. The molecule has 0 aromatic heterocycles. The van der Waals surface area contributed by atoms with Gasteiger partial charge in [-0.3, -0.25) is 0 Å². The Balaban J connectivity index is 1.95. The Labute approximate surface area is 268 Å². The molecular weight excluding hydrogens is 581 g/mol. The van der Waals surface area contributed by atoms with E-state index in [1.807, 2.05) is 0 Å². The van der Waals surface area contributed by atoms with Crippen LogP contribution in [0.1, 0.15) is 94.2 Å². The average molecular weight is 639 g/mol. The monoisotopic (exact) mass is 638 g/mol. The molecule has 5 rings (SSSR count). The van der Waals surface area contributed by atoms with Crippen molar-refractivity contribution in [2.24, 2.45) is 0 Å². The van der Waals surface area contributed by atoms with E-state index in [4.69, 9.17) is 8.23 Å². The molecule has 44 heavy (non-hydrogen) atoms. The van der Waals surface area contributed by atoms with Gasteiger partial charge in [0.05, 0.1) is 0 Å². The van der Waals surface area contributed by atoms with Crippen LogP contribution < -0.4 is 0 Å². The quantitative estimate of drug-likeness (QED) is 0.402. The van der Waals surface area contributed by atoms with Gasteiger partial charge in [-0.2, -0.15) is 0 Å². The molecule has 1 saturated heterocycles. The fourth-order valence-corrected chi connectivity index (χ4v) is 28.0. The molecule has 3 aliphatic rings. The SMILES string of the molecule is CN(C)[Si-]12(O[Si-]3(N(C)C)(O1)N(C(C)(C)C)C(c1ccccc1)=[N+]3C(C)(C)C)N(C(C)(C)C)C(c1ccccc1)=[N+]2C(C)(C)C. The molecule has 244 valence electrons. The van der Waals surface area contributed by atoms with Crippen molar-refractivity contribution in [1.82, 2.24) is 18.3 Å². The summed E-state index contributed by atoms with van der Waals surface area (Å²) in [5.74, 6) is 2.31. The normalized spacial score (nSPS) is 24.4. The van der Waals surface area contributed by atoms with Crippen molar-refractivity contribution in [1.29, 1.82) is 0 Å². The Morgan fingerprint density at radius 3 is 0.977 bits per heavy atom. The first-order chi connectivity index (χ1) is 19.9. The van der Waals surface area contributed by atoms with Gasteiger partial charge in [0.1, 0.15) is 0 Å². The minimum atomic E-state index is -4.32. The van der Waals surface area contributed by atoms with E-state index in [-0.39, 0.29) is 22.2 Å². The van der Waals surface area contributed by atoms with Crippen molar-refractivity contribution in [3.05, 3.63) is 71.8 Å². The van der Waals surface area contributed by atoms with Gasteiger partial charge >= 0.3 is 269 Å². The van der Waals surface area contributed by atoms with Crippen LogP contribution in [0.25, 0.3) is 0 Å². The number of benzene rings is 2. The number of hydrogen-bond acceptors (Lipinski definition) is 6. The van der Waals surface area contributed by atoms with Crippen molar-refractivity contribution >= 4 is 28.3 Å². The third-order valence-corrected chi connectivity index (χ3v) is 24.7. The van der Waals surface area contributed by atoms with E-state index >= 15 is 0 Å². The van der Waals surface area contributed by atoms with Crippen LogP contribution in [-0.2, 0) is 8.23 Å². The van der Waals surface area contributed by atoms with Crippen molar-refractivity contribution in [3.8, 4) is 0 Å². The summed E-state index contributed by atoms with van der Waals surface area (Å²) in [6.45, 7) is 27.4. The summed E-state index contributed by atoms with van der Waals surface area (Å²) < 4.78 is 31.4. The van der Waals surface area contributed by atoms with E-state index in [0.717, 1.165) is 11.7 Å².